The molecule has 176 valence electrons. The molecule has 0 N–H and O–H groups in total. The molecule has 0 heterocycles. The fourth-order valence-electron chi connectivity index (χ4n) is 4.69. The molecule has 0 aliphatic rings. The molecule has 0 spiro atoms. The van der Waals surface area contributed by atoms with E-state index in [1.54, 1.807) is 0 Å². The minimum absolute atomic E-state index is 0.196. The highest BCUT2D eigenvalue weighted by atomic mass is 127. The van der Waals surface area contributed by atoms with Crippen LogP contribution in [-0.4, -0.2) is 3.42 Å². The average Bonchev–Trinajstić information content (AvgIpc) is 2.79. The predicted octanol–water partition coefficient (Wildman–Crippen LogP) is 9.23. The summed E-state index contributed by atoms with van der Waals surface area (Å²) < 4.78 is 0.300. The van der Waals surface area contributed by atoms with Gasteiger partial charge >= 0.3 is 0 Å². The van der Waals surface area contributed by atoms with Crippen LogP contribution < -0.4 is 0 Å². The van der Waals surface area contributed by atoms with Gasteiger partial charge in [-0.1, -0.05) is 123 Å². The zero-order valence-electron chi connectivity index (χ0n) is 21.3. The van der Waals surface area contributed by atoms with E-state index in [0.717, 1.165) is 19.3 Å². The van der Waals surface area contributed by atoms with Crippen LogP contribution in [0.15, 0.2) is 72.8 Å². The lowest BCUT2D eigenvalue weighted by Crippen LogP contribution is -2.19. The number of aryl methyl sites for hydroxylation is 4. The summed E-state index contributed by atoms with van der Waals surface area (Å²) in [5.41, 5.74) is 8.93. The second kappa shape index (κ2) is 11.7. The molecule has 0 fully saturated rings. The molecule has 1 unspecified atom stereocenters. The largest absolute Gasteiger partial charge is 0.0788 e. The van der Waals surface area contributed by atoms with Crippen LogP contribution in [0.5, 0.6) is 0 Å². The van der Waals surface area contributed by atoms with Crippen molar-refractivity contribution >= 4 is 22.6 Å². The minimum Gasteiger partial charge on any atom is -0.0788 e. The van der Waals surface area contributed by atoms with Gasteiger partial charge in [0.15, 0.2) is 0 Å². The number of hydrogen-bond donors (Lipinski definition) is 0. The third-order valence-electron chi connectivity index (χ3n) is 7.16. The van der Waals surface area contributed by atoms with Gasteiger partial charge in [0.25, 0.3) is 0 Å². The van der Waals surface area contributed by atoms with Crippen LogP contribution in [0.2, 0.25) is 0 Å². The second-order valence-corrected chi connectivity index (χ2v) is 13.2. The molecule has 1 heteroatoms. The van der Waals surface area contributed by atoms with Crippen LogP contribution in [-0.2, 0) is 31.1 Å². The highest BCUT2D eigenvalue weighted by Gasteiger charge is 2.22. The molecule has 0 aliphatic carbocycles. The van der Waals surface area contributed by atoms with Gasteiger partial charge in [-0.05, 0) is 90.7 Å². The minimum atomic E-state index is 0.196. The third-order valence-corrected chi connectivity index (χ3v) is 8.08. The second-order valence-electron chi connectivity index (χ2n) is 10.6. The Morgan fingerprint density at radius 3 is 2.12 bits per heavy atom. The van der Waals surface area contributed by atoms with Crippen LogP contribution in [0.1, 0.15) is 80.3 Å². The quantitative estimate of drug-likeness (QED) is 0.164. The molecular formula is C32H41I. The summed E-state index contributed by atoms with van der Waals surface area (Å²) in [6, 6.07) is 27.4. The molecule has 3 aromatic carbocycles. The van der Waals surface area contributed by atoms with Gasteiger partial charge in [0.2, 0.25) is 0 Å². The van der Waals surface area contributed by atoms with E-state index in [-0.39, 0.29) is 5.41 Å². The van der Waals surface area contributed by atoms with E-state index in [9.17, 15) is 0 Å². The van der Waals surface area contributed by atoms with Crippen molar-refractivity contribution in [2.24, 2.45) is 0 Å². The fourth-order valence-corrected chi connectivity index (χ4v) is 5.51. The first-order chi connectivity index (χ1) is 15.7. The molecule has 0 nitrogen and oxygen atoms in total. The lowest BCUT2D eigenvalue weighted by Gasteiger charge is -2.26. The molecule has 0 aromatic heterocycles. The molecule has 33 heavy (non-hydrogen) atoms. The zero-order valence-corrected chi connectivity index (χ0v) is 23.4. The van der Waals surface area contributed by atoms with Crippen molar-refractivity contribution in [3.63, 3.8) is 0 Å². The van der Waals surface area contributed by atoms with Crippen LogP contribution >= 0.6 is 22.6 Å². The summed E-state index contributed by atoms with van der Waals surface area (Å²) in [6.45, 7) is 11.6. The molecule has 3 rings (SSSR count). The smallest absolute Gasteiger partial charge is 0.0234 e. The Labute approximate surface area is 216 Å². The highest BCUT2D eigenvalue weighted by Crippen LogP contribution is 2.31. The highest BCUT2D eigenvalue weighted by molar-refractivity contribution is 14.1. The van der Waals surface area contributed by atoms with Gasteiger partial charge in [0.1, 0.15) is 0 Å². The Hall–Kier alpha value is -1.61. The number of alkyl halides is 1. The van der Waals surface area contributed by atoms with Gasteiger partial charge in [-0.2, -0.15) is 0 Å². The molecule has 1 atom stereocenters. The normalized spacial score (nSPS) is 13.6. The maximum atomic E-state index is 2.68. The number of halogens is 1. The average molecular weight is 553 g/mol. The van der Waals surface area contributed by atoms with Crippen molar-refractivity contribution in [1.82, 2.24) is 0 Å². The van der Waals surface area contributed by atoms with E-state index in [4.69, 9.17) is 0 Å². The van der Waals surface area contributed by atoms with E-state index in [0.29, 0.717) is 3.42 Å². The van der Waals surface area contributed by atoms with Crippen LogP contribution in [0.3, 0.4) is 0 Å². The summed E-state index contributed by atoms with van der Waals surface area (Å²) in [4.78, 5) is 0. The standard InChI is InChI=1S/C32H41I/c1-6-26-12-9-15-30(23-26)31(3,4)22-20-27-16-18-28(19-17-27)24-32(5,33)21-10-14-29-13-8-7-11-25(29)2/h7-9,11-13,15-19,23H,6,10,14,20-22,24H2,1-5H3. The van der Waals surface area contributed by atoms with Crippen LogP contribution in [0, 0.1) is 6.92 Å². The van der Waals surface area contributed by atoms with Crippen molar-refractivity contribution in [1.29, 1.82) is 0 Å². The van der Waals surface area contributed by atoms with Crippen LogP contribution in [0.25, 0.3) is 0 Å². The fraction of sp³-hybridized carbons (Fsp3) is 0.438. The van der Waals surface area contributed by atoms with E-state index in [1.165, 1.54) is 59.1 Å². The van der Waals surface area contributed by atoms with E-state index >= 15 is 0 Å². The maximum Gasteiger partial charge on any atom is 0.0234 e. The van der Waals surface area contributed by atoms with Gasteiger partial charge in [-0.3, -0.25) is 0 Å². The van der Waals surface area contributed by atoms with Gasteiger partial charge in [0, 0.05) is 3.42 Å². The Morgan fingerprint density at radius 2 is 1.42 bits per heavy atom. The lowest BCUT2D eigenvalue weighted by atomic mass is 9.79. The summed E-state index contributed by atoms with van der Waals surface area (Å²) in [7, 11) is 0. The molecular weight excluding hydrogens is 511 g/mol. The summed E-state index contributed by atoms with van der Waals surface area (Å²) >= 11 is 2.68. The van der Waals surface area contributed by atoms with Crippen molar-refractivity contribution in [2.75, 3.05) is 0 Å². The molecule has 0 amide bonds. The Morgan fingerprint density at radius 1 is 0.727 bits per heavy atom. The van der Waals surface area contributed by atoms with Gasteiger partial charge in [0.05, 0.1) is 0 Å². The van der Waals surface area contributed by atoms with Crippen molar-refractivity contribution < 1.29 is 0 Å². The summed E-state index contributed by atoms with van der Waals surface area (Å²) in [6.07, 6.45) is 8.21. The molecule has 0 saturated heterocycles. The van der Waals surface area contributed by atoms with E-state index in [2.05, 4.69) is 130 Å². The SMILES string of the molecule is CCc1cccc(C(C)(C)CCc2ccc(CC(C)(I)CCCc3ccccc3C)cc2)c1. The number of rotatable bonds is 11. The van der Waals surface area contributed by atoms with E-state index < -0.39 is 0 Å². The van der Waals surface area contributed by atoms with Crippen LogP contribution in [0.4, 0.5) is 0 Å². The first kappa shape index (κ1) is 26.0. The number of hydrogen-bond acceptors (Lipinski definition) is 0. The van der Waals surface area contributed by atoms with E-state index in [1.807, 2.05) is 0 Å². The summed E-state index contributed by atoms with van der Waals surface area (Å²) in [5, 5.41) is 0. The first-order valence-corrected chi connectivity index (χ1v) is 13.7. The Kier molecular flexibility index (Phi) is 9.21. The third kappa shape index (κ3) is 7.98. The molecule has 0 radical (unpaired) electrons. The lowest BCUT2D eigenvalue weighted by molar-refractivity contribution is 0.479. The molecule has 3 aromatic rings. The zero-order chi connectivity index (χ0) is 23.9. The Bertz CT molecular complexity index is 1010. The van der Waals surface area contributed by atoms with Crippen molar-refractivity contribution in [3.8, 4) is 0 Å². The summed E-state index contributed by atoms with van der Waals surface area (Å²) in [5.74, 6) is 0. The maximum absolute atomic E-state index is 2.68. The predicted molar refractivity (Wildman–Crippen MR) is 154 cm³/mol. The van der Waals surface area contributed by atoms with Crippen molar-refractivity contribution in [3.05, 3.63) is 106 Å². The molecule has 0 bridgehead atoms. The van der Waals surface area contributed by atoms with Gasteiger partial charge < -0.3 is 0 Å². The molecule has 0 saturated carbocycles. The topological polar surface area (TPSA) is 0 Å². The Balaban J connectivity index is 1.51. The monoisotopic (exact) mass is 552 g/mol. The van der Waals surface area contributed by atoms with Gasteiger partial charge in [-0.15, -0.1) is 0 Å². The van der Waals surface area contributed by atoms with Gasteiger partial charge in [-0.25, -0.2) is 0 Å². The number of benzene rings is 3. The molecule has 0 aliphatic heterocycles. The first-order valence-electron chi connectivity index (χ1n) is 12.6. The van der Waals surface area contributed by atoms with Crippen molar-refractivity contribution in [2.45, 2.75) is 88.4 Å².